The average Bonchev–Trinajstić information content (AvgIpc) is 3.48. The molecule has 0 atom stereocenters. The first-order valence-corrected chi connectivity index (χ1v) is 12.6. The highest BCUT2D eigenvalue weighted by Gasteiger charge is 2.28. The maximum Gasteiger partial charge on any atom is 0.264 e. The molecule has 2 heterocycles. The molecule has 3 N–H and O–H groups in total. The summed E-state index contributed by atoms with van der Waals surface area (Å²) in [7, 11) is 0. The number of hydrogen-bond donors (Lipinski definition) is 3. The molecule has 1 aromatic heterocycles. The number of para-hydroxylation sites is 1. The van der Waals surface area contributed by atoms with E-state index in [0.717, 1.165) is 5.56 Å². The number of nitrogens with one attached hydrogen (secondary N) is 2. The summed E-state index contributed by atoms with van der Waals surface area (Å²) >= 11 is 1.38. The van der Waals surface area contributed by atoms with E-state index in [-0.39, 0.29) is 40.2 Å². The van der Waals surface area contributed by atoms with Crippen LogP contribution in [-0.2, 0) is 6.54 Å². The highest BCUT2D eigenvalue weighted by atomic mass is 32.1. The Morgan fingerprint density at radius 3 is 2.16 bits per heavy atom. The molecule has 37 heavy (non-hydrogen) atoms. The zero-order valence-electron chi connectivity index (χ0n) is 19.8. The van der Waals surface area contributed by atoms with Crippen molar-refractivity contribution in [3.8, 4) is 5.75 Å². The van der Waals surface area contributed by atoms with Gasteiger partial charge in [-0.15, -0.1) is 11.3 Å². The third-order valence-electron chi connectivity index (χ3n) is 6.33. The largest absolute Gasteiger partial charge is 0.505 e. The molecule has 1 saturated heterocycles. The number of anilines is 3. The Kier molecular flexibility index (Phi) is 6.74. The number of phenolic OH excluding ortho intramolecular Hbond substituents is 1. The Balaban J connectivity index is 1.26. The molecule has 0 saturated carbocycles. The lowest BCUT2D eigenvalue weighted by Crippen LogP contribution is -2.50. The van der Waals surface area contributed by atoms with Gasteiger partial charge < -0.3 is 25.5 Å². The molecule has 4 aromatic rings. The van der Waals surface area contributed by atoms with Crippen LogP contribution in [0.4, 0.5) is 17.1 Å². The number of hydrogen-bond acceptors (Lipinski definition) is 8. The molecule has 5 rings (SSSR count). The Morgan fingerprint density at radius 2 is 1.49 bits per heavy atom. The standard InChI is InChI=1S/C27H24N4O5S/c32-23-18(26(35)30-11-13-31(14-12-30)27(36)20-10-5-15-37-20)8-4-9-19(23)29-22-21(24(33)25(22)34)28-16-17-6-2-1-3-7-17/h1-10,15,28-29,32H,11-14,16H2. The van der Waals surface area contributed by atoms with Crippen LogP contribution in [-0.4, -0.2) is 52.9 Å². The van der Waals surface area contributed by atoms with Gasteiger partial charge in [0.2, 0.25) is 0 Å². The molecule has 2 amide bonds. The monoisotopic (exact) mass is 516 g/mol. The quantitative estimate of drug-likeness (QED) is 0.255. The van der Waals surface area contributed by atoms with Crippen LogP contribution in [0.1, 0.15) is 25.6 Å². The van der Waals surface area contributed by atoms with Crippen molar-refractivity contribution in [3.05, 3.63) is 102 Å². The van der Waals surface area contributed by atoms with Crippen molar-refractivity contribution >= 4 is 40.2 Å². The van der Waals surface area contributed by atoms with Gasteiger partial charge in [0.15, 0.2) is 5.75 Å². The lowest BCUT2D eigenvalue weighted by atomic mass is 10.1. The minimum atomic E-state index is -0.696. The van der Waals surface area contributed by atoms with Gasteiger partial charge in [0.05, 0.1) is 16.1 Å². The molecule has 0 unspecified atom stereocenters. The number of rotatable bonds is 7. The number of thiophene rings is 1. The minimum Gasteiger partial charge on any atom is -0.505 e. The maximum absolute atomic E-state index is 13.2. The number of carbonyl (C=O) groups excluding carboxylic acids is 2. The molecule has 188 valence electrons. The number of carbonyl (C=O) groups is 2. The number of piperazine rings is 1. The van der Waals surface area contributed by atoms with Crippen molar-refractivity contribution in [2.75, 3.05) is 36.8 Å². The molecule has 1 aliphatic heterocycles. The first kappa shape index (κ1) is 24.3. The van der Waals surface area contributed by atoms with Crippen LogP contribution in [0, 0.1) is 0 Å². The van der Waals surface area contributed by atoms with E-state index in [2.05, 4.69) is 10.6 Å². The van der Waals surface area contributed by atoms with E-state index in [9.17, 15) is 24.3 Å². The van der Waals surface area contributed by atoms with Crippen LogP contribution in [0.25, 0.3) is 0 Å². The molecule has 0 bridgehead atoms. The topological polar surface area (TPSA) is 119 Å². The molecule has 1 fully saturated rings. The van der Waals surface area contributed by atoms with Gasteiger partial charge in [-0.2, -0.15) is 0 Å². The van der Waals surface area contributed by atoms with Gasteiger partial charge >= 0.3 is 0 Å². The summed E-state index contributed by atoms with van der Waals surface area (Å²) in [5.74, 6) is -0.746. The molecule has 3 aromatic carbocycles. The fourth-order valence-corrected chi connectivity index (χ4v) is 4.95. The van der Waals surface area contributed by atoms with E-state index < -0.39 is 10.9 Å². The average molecular weight is 517 g/mol. The van der Waals surface area contributed by atoms with Crippen molar-refractivity contribution in [2.24, 2.45) is 0 Å². The molecular formula is C27H24N4O5S. The van der Waals surface area contributed by atoms with Crippen molar-refractivity contribution in [3.63, 3.8) is 0 Å². The third kappa shape index (κ3) is 4.83. The van der Waals surface area contributed by atoms with Gasteiger partial charge in [-0.25, -0.2) is 0 Å². The van der Waals surface area contributed by atoms with E-state index in [1.807, 2.05) is 41.8 Å². The normalized spacial score (nSPS) is 13.5. The predicted octanol–water partition coefficient (Wildman–Crippen LogP) is 3.00. The number of phenols is 1. The van der Waals surface area contributed by atoms with Crippen molar-refractivity contribution < 1.29 is 14.7 Å². The fourth-order valence-electron chi connectivity index (χ4n) is 4.26. The van der Waals surface area contributed by atoms with E-state index >= 15 is 0 Å². The third-order valence-corrected chi connectivity index (χ3v) is 7.19. The number of aromatic hydroxyl groups is 1. The van der Waals surface area contributed by atoms with E-state index in [1.165, 1.54) is 23.5 Å². The SMILES string of the molecule is O=C(c1cccs1)N1CCN(C(=O)c2cccc(Nc3c(NCc4ccccc4)c(=O)c3=O)c2O)CC1. The van der Waals surface area contributed by atoms with E-state index in [0.29, 0.717) is 37.6 Å². The smallest absolute Gasteiger partial charge is 0.264 e. The van der Waals surface area contributed by atoms with Gasteiger partial charge in [-0.3, -0.25) is 19.2 Å². The van der Waals surface area contributed by atoms with Crippen LogP contribution in [0.2, 0.25) is 0 Å². The molecule has 0 aliphatic carbocycles. The number of benzene rings is 2. The highest BCUT2D eigenvalue weighted by molar-refractivity contribution is 7.12. The Bertz CT molecular complexity index is 1500. The van der Waals surface area contributed by atoms with Gasteiger partial charge in [0, 0.05) is 32.7 Å². The van der Waals surface area contributed by atoms with Crippen LogP contribution < -0.4 is 21.5 Å². The lowest BCUT2D eigenvalue weighted by molar-refractivity contribution is 0.0536. The molecule has 9 nitrogen and oxygen atoms in total. The zero-order valence-corrected chi connectivity index (χ0v) is 20.6. The molecule has 0 spiro atoms. The molecular weight excluding hydrogens is 492 g/mol. The van der Waals surface area contributed by atoms with Crippen LogP contribution >= 0.6 is 11.3 Å². The van der Waals surface area contributed by atoms with Crippen molar-refractivity contribution in [2.45, 2.75) is 6.54 Å². The Hall–Kier alpha value is -4.44. The Labute approximate surface area is 216 Å². The first-order valence-electron chi connectivity index (χ1n) is 11.8. The maximum atomic E-state index is 13.2. The second-order valence-electron chi connectivity index (χ2n) is 8.64. The van der Waals surface area contributed by atoms with Gasteiger partial charge in [0.1, 0.15) is 11.4 Å². The van der Waals surface area contributed by atoms with Crippen molar-refractivity contribution in [1.82, 2.24) is 9.80 Å². The zero-order chi connectivity index (χ0) is 25.9. The summed E-state index contributed by atoms with van der Waals surface area (Å²) in [4.78, 5) is 54.1. The minimum absolute atomic E-state index is 0.0431. The lowest BCUT2D eigenvalue weighted by Gasteiger charge is -2.34. The van der Waals surface area contributed by atoms with E-state index in [4.69, 9.17) is 0 Å². The Morgan fingerprint density at radius 1 is 0.811 bits per heavy atom. The molecule has 0 radical (unpaired) electrons. The van der Waals surface area contributed by atoms with Crippen LogP contribution in [0.15, 0.2) is 75.6 Å². The van der Waals surface area contributed by atoms with E-state index in [1.54, 1.807) is 21.9 Å². The van der Waals surface area contributed by atoms with Gasteiger partial charge in [-0.1, -0.05) is 42.5 Å². The number of amides is 2. The highest BCUT2D eigenvalue weighted by Crippen LogP contribution is 2.32. The van der Waals surface area contributed by atoms with Gasteiger partial charge in [0.25, 0.3) is 22.7 Å². The second-order valence-corrected chi connectivity index (χ2v) is 9.58. The summed E-state index contributed by atoms with van der Waals surface area (Å²) in [6.45, 7) is 1.80. The van der Waals surface area contributed by atoms with Crippen LogP contribution in [0.3, 0.4) is 0 Å². The van der Waals surface area contributed by atoms with Crippen molar-refractivity contribution in [1.29, 1.82) is 0 Å². The predicted molar refractivity (Wildman–Crippen MR) is 143 cm³/mol. The molecule has 10 heteroatoms. The summed E-state index contributed by atoms with van der Waals surface area (Å²) < 4.78 is 0. The van der Waals surface area contributed by atoms with Gasteiger partial charge in [-0.05, 0) is 29.1 Å². The summed E-state index contributed by atoms with van der Waals surface area (Å²) in [6.07, 6.45) is 0. The first-order chi connectivity index (χ1) is 17.9. The summed E-state index contributed by atoms with van der Waals surface area (Å²) in [5, 5.41) is 18.5. The summed E-state index contributed by atoms with van der Waals surface area (Å²) in [6, 6.07) is 17.6. The van der Waals surface area contributed by atoms with Crippen LogP contribution in [0.5, 0.6) is 5.75 Å². The summed E-state index contributed by atoms with van der Waals surface area (Å²) in [5.41, 5.74) is -0.00161. The number of nitrogens with zero attached hydrogens (tertiary/aromatic N) is 2. The fraction of sp³-hybridized carbons (Fsp3) is 0.185. The second kappa shape index (κ2) is 10.3. The molecule has 1 aliphatic rings.